The number of hydrogen-bond donors (Lipinski definition) is 1. The van der Waals surface area contributed by atoms with Gasteiger partial charge in [-0.25, -0.2) is 0 Å². The Bertz CT molecular complexity index is 732. The van der Waals surface area contributed by atoms with Crippen molar-refractivity contribution in [3.05, 3.63) is 29.3 Å². The molecule has 0 bridgehead atoms. The van der Waals surface area contributed by atoms with Gasteiger partial charge in [0, 0.05) is 30.5 Å². The fourth-order valence-corrected chi connectivity index (χ4v) is 5.02. The Labute approximate surface area is 162 Å². The van der Waals surface area contributed by atoms with Gasteiger partial charge in [-0.15, -0.1) is 0 Å². The fraction of sp³-hybridized carbons (Fsp3) is 0.682. The van der Waals surface area contributed by atoms with Crippen LogP contribution in [0.1, 0.15) is 57.3 Å². The summed E-state index contributed by atoms with van der Waals surface area (Å²) in [5.74, 6) is 1.67. The van der Waals surface area contributed by atoms with Crippen LogP contribution in [0.2, 0.25) is 0 Å². The summed E-state index contributed by atoms with van der Waals surface area (Å²) in [7, 11) is 0. The van der Waals surface area contributed by atoms with Crippen LogP contribution in [0.3, 0.4) is 0 Å². The van der Waals surface area contributed by atoms with Crippen molar-refractivity contribution in [2.45, 2.75) is 70.8 Å². The maximum Gasteiger partial charge on any atom is 0.239 e. The van der Waals surface area contributed by atoms with E-state index in [2.05, 4.69) is 39.0 Å². The molecule has 3 aliphatic heterocycles. The number of hydrogen-bond acceptors (Lipinski definition) is 4. The monoisotopic (exact) mass is 372 g/mol. The van der Waals surface area contributed by atoms with E-state index in [9.17, 15) is 4.79 Å². The minimum Gasteiger partial charge on any atom is -0.487 e. The van der Waals surface area contributed by atoms with Crippen molar-refractivity contribution in [2.24, 2.45) is 17.6 Å². The van der Waals surface area contributed by atoms with Crippen LogP contribution in [0.15, 0.2) is 18.2 Å². The first-order chi connectivity index (χ1) is 12.8. The third-order valence-electron chi connectivity index (χ3n) is 6.72. The number of likely N-dealkylation sites (tertiary alicyclic amines) is 1. The highest BCUT2D eigenvalue weighted by Gasteiger charge is 2.51. The van der Waals surface area contributed by atoms with Gasteiger partial charge >= 0.3 is 0 Å². The van der Waals surface area contributed by atoms with Gasteiger partial charge in [-0.1, -0.05) is 19.1 Å². The van der Waals surface area contributed by atoms with E-state index in [-0.39, 0.29) is 35.7 Å². The second kappa shape index (κ2) is 6.78. The molecule has 2 saturated heterocycles. The number of amides is 1. The molecule has 1 aromatic carbocycles. The van der Waals surface area contributed by atoms with Crippen LogP contribution in [0, 0.1) is 18.8 Å². The maximum absolute atomic E-state index is 12.5. The number of carbonyl (C=O) groups is 1. The fourth-order valence-electron chi connectivity index (χ4n) is 5.02. The van der Waals surface area contributed by atoms with Gasteiger partial charge in [0.15, 0.2) is 0 Å². The summed E-state index contributed by atoms with van der Waals surface area (Å²) in [6.07, 6.45) is 2.86. The van der Waals surface area contributed by atoms with E-state index in [1.54, 1.807) is 0 Å². The summed E-state index contributed by atoms with van der Waals surface area (Å²) < 4.78 is 13.1. The molecule has 2 fully saturated rings. The minimum atomic E-state index is -0.386. The Hall–Kier alpha value is -1.59. The quantitative estimate of drug-likeness (QED) is 0.866. The van der Waals surface area contributed by atoms with Crippen LogP contribution in [-0.2, 0) is 9.53 Å². The molecule has 0 spiro atoms. The number of nitrogens with zero attached hydrogens (tertiary/aromatic N) is 1. The summed E-state index contributed by atoms with van der Waals surface area (Å²) in [4.78, 5) is 14.5. The Kier molecular flexibility index (Phi) is 4.71. The molecule has 148 valence electrons. The number of ether oxygens (including phenoxy) is 2. The van der Waals surface area contributed by atoms with Gasteiger partial charge in [0.25, 0.3) is 0 Å². The molecule has 0 aliphatic carbocycles. The van der Waals surface area contributed by atoms with Gasteiger partial charge in [0.05, 0.1) is 18.2 Å². The molecule has 3 aliphatic rings. The second-order valence-electron chi connectivity index (χ2n) is 9.03. The summed E-state index contributed by atoms with van der Waals surface area (Å²) in [6.45, 7) is 9.87. The van der Waals surface area contributed by atoms with Crippen LogP contribution in [-0.4, -0.2) is 41.6 Å². The predicted molar refractivity (Wildman–Crippen MR) is 105 cm³/mol. The summed E-state index contributed by atoms with van der Waals surface area (Å²) in [5.41, 5.74) is 8.08. The lowest BCUT2D eigenvalue weighted by Crippen LogP contribution is -2.57. The molecule has 0 unspecified atom stereocenters. The molecular formula is C22H32N2O3. The van der Waals surface area contributed by atoms with Crippen molar-refractivity contribution in [1.29, 1.82) is 0 Å². The molecule has 5 nitrogen and oxygen atoms in total. The third kappa shape index (κ3) is 3.25. The van der Waals surface area contributed by atoms with Crippen LogP contribution >= 0.6 is 0 Å². The van der Waals surface area contributed by atoms with E-state index in [1.807, 2.05) is 11.8 Å². The zero-order valence-corrected chi connectivity index (χ0v) is 16.9. The number of rotatable bonds is 2. The lowest BCUT2D eigenvalue weighted by molar-refractivity contribution is -0.189. The first-order valence-electron chi connectivity index (χ1n) is 10.3. The molecule has 4 rings (SSSR count). The molecule has 0 saturated carbocycles. The van der Waals surface area contributed by atoms with E-state index in [0.717, 1.165) is 31.7 Å². The van der Waals surface area contributed by atoms with E-state index in [0.29, 0.717) is 12.3 Å². The van der Waals surface area contributed by atoms with Crippen molar-refractivity contribution in [3.8, 4) is 5.75 Å². The van der Waals surface area contributed by atoms with Crippen molar-refractivity contribution >= 4 is 5.91 Å². The Morgan fingerprint density at radius 2 is 2.19 bits per heavy atom. The molecule has 27 heavy (non-hydrogen) atoms. The normalized spacial score (nSPS) is 32.6. The minimum absolute atomic E-state index is 0.0748. The second-order valence-corrected chi connectivity index (χ2v) is 9.03. The smallest absolute Gasteiger partial charge is 0.239 e. The lowest BCUT2D eigenvalue weighted by atomic mass is 9.70. The summed E-state index contributed by atoms with van der Waals surface area (Å²) in [5, 5.41) is 0. The Morgan fingerprint density at radius 1 is 1.41 bits per heavy atom. The summed E-state index contributed by atoms with van der Waals surface area (Å²) >= 11 is 0. The topological polar surface area (TPSA) is 64.8 Å². The number of carbonyl (C=O) groups excluding carboxylic acids is 1. The van der Waals surface area contributed by atoms with Gasteiger partial charge in [-0.2, -0.15) is 0 Å². The van der Waals surface area contributed by atoms with Gasteiger partial charge in [0.2, 0.25) is 5.91 Å². The molecule has 1 aromatic rings. The molecular weight excluding hydrogens is 340 g/mol. The molecule has 5 atom stereocenters. The number of fused-ring (bicyclic) bond motifs is 4. The average molecular weight is 373 g/mol. The van der Waals surface area contributed by atoms with E-state index in [1.165, 1.54) is 11.1 Å². The largest absolute Gasteiger partial charge is 0.487 e. The molecule has 0 radical (unpaired) electrons. The van der Waals surface area contributed by atoms with Crippen LogP contribution in [0.25, 0.3) is 0 Å². The van der Waals surface area contributed by atoms with E-state index < -0.39 is 0 Å². The maximum atomic E-state index is 12.5. The zero-order valence-electron chi connectivity index (χ0n) is 16.9. The van der Waals surface area contributed by atoms with E-state index >= 15 is 0 Å². The third-order valence-corrected chi connectivity index (χ3v) is 6.72. The SMILES string of the molecule is CC[C@H](N)C(=O)N1CC[C@@H]2O[C@@H]3c4ccc(C)cc4OC(C)(C)[C@H]3C[C@@H]2C1. The van der Waals surface area contributed by atoms with Gasteiger partial charge in [-0.05, 0) is 51.7 Å². The van der Waals surface area contributed by atoms with E-state index in [4.69, 9.17) is 15.2 Å². The van der Waals surface area contributed by atoms with Crippen LogP contribution in [0.4, 0.5) is 0 Å². The average Bonchev–Trinajstić information content (AvgIpc) is 2.64. The van der Waals surface area contributed by atoms with Crippen LogP contribution < -0.4 is 10.5 Å². The molecule has 5 heteroatoms. The number of aryl methyl sites for hydroxylation is 1. The molecule has 1 amide bonds. The predicted octanol–water partition coefficient (Wildman–Crippen LogP) is 3.20. The highest BCUT2D eigenvalue weighted by molar-refractivity contribution is 5.81. The van der Waals surface area contributed by atoms with Crippen LogP contribution in [0.5, 0.6) is 5.75 Å². The Balaban J connectivity index is 1.57. The zero-order chi connectivity index (χ0) is 19.3. The highest BCUT2D eigenvalue weighted by Crippen LogP contribution is 2.53. The molecule has 3 heterocycles. The van der Waals surface area contributed by atoms with Gasteiger partial charge in [-0.3, -0.25) is 4.79 Å². The first kappa shape index (κ1) is 18.8. The number of benzene rings is 1. The first-order valence-corrected chi connectivity index (χ1v) is 10.3. The molecule has 0 aromatic heterocycles. The highest BCUT2D eigenvalue weighted by atomic mass is 16.5. The van der Waals surface area contributed by atoms with Gasteiger partial charge < -0.3 is 20.1 Å². The Morgan fingerprint density at radius 3 is 2.93 bits per heavy atom. The van der Waals surface area contributed by atoms with Crippen molar-refractivity contribution in [3.63, 3.8) is 0 Å². The standard InChI is InChI=1S/C22H32N2O3/c1-5-17(23)21(25)24-9-8-18-14(12-24)11-16-20(26-18)15-7-6-13(2)10-19(15)27-22(16,3)4/h6-7,10,14,16-18,20H,5,8-9,11-12,23H2,1-4H3/t14-,16+,17+,18+,20-/m1/s1. The molecule has 2 N–H and O–H groups in total. The van der Waals surface area contributed by atoms with Crippen molar-refractivity contribution in [1.82, 2.24) is 4.90 Å². The summed E-state index contributed by atoms with van der Waals surface area (Å²) in [6, 6.07) is 6.04. The lowest BCUT2D eigenvalue weighted by Gasteiger charge is -2.53. The number of nitrogens with two attached hydrogens (primary N) is 1. The number of piperidine rings is 1. The van der Waals surface area contributed by atoms with Crippen molar-refractivity contribution < 1.29 is 14.3 Å². The van der Waals surface area contributed by atoms with Crippen molar-refractivity contribution in [2.75, 3.05) is 13.1 Å². The van der Waals surface area contributed by atoms with Gasteiger partial charge in [0.1, 0.15) is 11.4 Å².